The van der Waals surface area contributed by atoms with Crippen LogP contribution in [0.5, 0.6) is 0 Å². The zero-order valence-electron chi connectivity index (χ0n) is 10.9. The summed E-state index contributed by atoms with van der Waals surface area (Å²) in [5.74, 6) is -1.62. The minimum Gasteiger partial charge on any atom is -0.480 e. The van der Waals surface area contributed by atoms with Gasteiger partial charge in [0.15, 0.2) is 6.04 Å². The molecule has 0 bridgehead atoms. The molecule has 1 saturated carbocycles. The van der Waals surface area contributed by atoms with Crippen LogP contribution in [0.15, 0.2) is 0 Å². The van der Waals surface area contributed by atoms with Gasteiger partial charge in [0.1, 0.15) is 6.54 Å². The molecule has 108 valence electrons. The fourth-order valence-corrected chi connectivity index (χ4v) is 1.42. The van der Waals surface area contributed by atoms with Gasteiger partial charge in [-0.1, -0.05) is 0 Å². The summed E-state index contributed by atoms with van der Waals surface area (Å²) >= 11 is 0. The van der Waals surface area contributed by atoms with Crippen LogP contribution >= 0.6 is 0 Å². The van der Waals surface area contributed by atoms with Crippen LogP contribution in [0.2, 0.25) is 0 Å². The maximum Gasteiger partial charge on any atom is 0.328 e. The van der Waals surface area contributed by atoms with E-state index in [2.05, 4.69) is 10.6 Å². The van der Waals surface area contributed by atoms with Gasteiger partial charge >= 0.3 is 12.0 Å². The summed E-state index contributed by atoms with van der Waals surface area (Å²) in [6, 6.07) is -1.92. The van der Waals surface area contributed by atoms with E-state index in [1.807, 2.05) is 0 Å². The second-order valence-corrected chi connectivity index (χ2v) is 4.70. The first-order valence-corrected chi connectivity index (χ1v) is 6.03. The molecule has 0 unspecified atom stereocenters. The predicted octanol–water partition coefficient (Wildman–Crippen LogP) is -1.26. The number of hydrogen-bond donors (Lipinski definition) is 4. The van der Waals surface area contributed by atoms with Crippen molar-refractivity contribution in [3.8, 4) is 0 Å². The highest BCUT2D eigenvalue weighted by molar-refractivity contribution is 5.86. The number of urea groups is 1. The van der Waals surface area contributed by atoms with E-state index in [1.165, 1.54) is 14.0 Å². The molecule has 1 aliphatic rings. The van der Waals surface area contributed by atoms with E-state index in [0.29, 0.717) is 0 Å². The molecule has 2 atom stereocenters. The highest BCUT2D eigenvalue weighted by atomic mass is 16.4. The van der Waals surface area contributed by atoms with Crippen molar-refractivity contribution in [2.75, 3.05) is 13.6 Å². The Balaban J connectivity index is 2.41. The van der Waals surface area contributed by atoms with Crippen molar-refractivity contribution < 1.29 is 24.6 Å². The number of carboxylic acid groups (broad SMARTS) is 1. The number of carbonyl (C=O) groups is 3. The molecule has 1 aliphatic carbocycles. The number of likely N-dealkylation sites (N-methyl/N-ethyl adjacent to an activating group) is 1. The Bertz CT molecular complexity index is 367. The molecule has 0 saturated heterocycles. The Morgan fingerprint density at radius 2 is 1.95 bits per heavy atom. The standard InChI is InChI=1S/C11H19N3O5/c1-6(15)9(10(17)18)13-11(19)14(2)5-8(16)12-7-3-4-7/h6-7,9,15H,3-5H2,1-2H3,(H,12,16)(H,13,19)(H,17,18)/t6-,9+/m1/s1. The van der Waals surface area contributed by atoms with E-state index in [1.54, 1.807) is 0 Å². The molecule has 0 aromatic rings. The summed E-state index contributed by atoms with van der Waals surface area (Å²) in [6.45, 7) is 1.10. The van der Waals surface area contributed by atoms with Crippen molar-refractivity contribution in [3.63, 3.8) is 0 Å². The van der Waals surface area contributed by atoms with Crippen molar-refractivity contribution in [1.82, 2.24) is 15.5 Å². The molecule has 4 N–H and O–H groups in total. The molecule has 0 radical (unpaired) electrons. The summed E-state index contributed by atoms with van der Waals surface area (Å²) in [4.78, 5) is 35.0. The first-order chi connectivity index (χ1) is 8.81. The average molecular weight is 273 g/mol. The van der Waals surface area contributed by atoms with Crippen LogP contribution in [0, 0.1) is 0 Å². The average Bonchev–Trinajstić information content (AvgIpc) is 3.07. The molecule has 3 amide bonds. The maximum absolute atomic E-state index is 11.7. The van der Waals surface area contributed by atoms with E-state index >= 15 is 0 Å². The summed E-state index contributed by atoms with van der Waals surface area (Å²) in [5, 5.41) is 22.9. The van der Waals surface area contributed by atoms with Crippen LogP contribution < -0.4 is 10.6 Å². The molecular weight excluding hydrogens is 254 g/mol. The Morgan fingerprint density at radius 3 is 2.37 bits per heavy atom. The van der Waals surface area contributed by atoms with Crippen LogP contribution in [0.3, 0.4) is 0 Å². The van der Waals surface area contributed by atoms with E-state index in [4.69, 9.17) is 5.11 Å². The van der Waals surface area contributed by atoms with Crippen LogP contribution in [-0.2, 0) is 9.59 Å². The quantitative estimate of drug-likeness (QED) is 0.481. The minimum absolute atomic E-state index is 0.158. The molecule has 0 aromatic carbocycles. The summed E-state index contributed by atoms with van der Waals surface area (Å²) < 4.78 is 0. The molecule has 0 heterocycles. The number of hydrogen-bond acceptors (Lipinski definition) is 4. The van der Waals surface area contributed by atoms with Gasteiger partial charge in [-0.25, -0.2) is 9.59 Å². The number of aliphatic hydroxyl groups is 1. The van der Waals surface area contributed by atoms with Crippen LogP contribution in [0.25, 0.3) is 0 Å². The molecule has 0 spiro atoms. The molecule has 0 aromatic heterocycles. The number of amides is 3. The highest BCUT2D eigenvalue weighted by Gasteiger charge is 2.28. The van der Waals surface area contributed by atoms with Crippen LogP contribution in [0.4, 0.5) is 4.79 Å². The SMILES string of the molecule is C[C@@H](O)[C@H](NC(=O)N(C)CC(=O)NC1CC1)C(=O)O. The first kappa shape index (κ1) is 15.2. The molecular formula is C11H19N3O5. The van der Waals surface area contributed by atoms with Gasteiger partial charge in [-0.2, -0.15) is 0 Å². The number of aliphatic hydroxyl groups excluding tert-OH is 1. The van der Waals surface area contributed by atoms with Crippen molar-refractivity contribution in [2.24, 2.45) is 0 Å². The largest absolute Gasteiger partial charge is 0.480 e. The van der Waals surface area contributed by atoms with Crippen LogP contribution in [-0.4, -0.2) is 64.8 Å². The van der Waals surface area contributed by atoms with Crippen molar-refractivity contribution in [2.45, 2.75) is 38.0 Å². The minimum atomic E-state index is -1.40. The number of rotatable bonds is 6. The van der Waals surface area contributed by atoms with Gasteiger partial charge in [0.05, 0.1) is 6.10 Å². The zero-order chi connectivity index (χ0) is 14.6. The zero-order valence-corrected chi connectivity index (χ0v) is 10.9. The summed E-state index contributed by atoms with van der Waals surface area (Å²) in [7, 11) is 1.38. The third-order valence-corrected chi connectivity index (χ3v) is 2.70. The monoisotopic (exact) mass is 273 g/mol. The Morgan fingerprint density at radius 1 is 1.37 bits per heavy atom. The molecule has 0 aliphatic heterocycles. The lowest BCUT2D eigenvalue weighted by Crippen LogP contribution is -2.53. The summed E-state index contributed by atoms with van der Waals surface area (Å²) in [5.41, 5.74) is 0. The predicted molar refractivity (Wildman–Crippen MR) is 65.4 cm³/mol. The topological polar surface area (TPSA) is 119 Å². The van der Waals surface area contributed by atoms with Crippen LogP contribution in [0.1, 0.15) is 19.8 Å². The molecule has 1 rings (SSSR count). The Hall–Kier alpha value is -1.83. The van der Waals surface area contributed by atoms with E-state index in [9.17, 15) is 19.5 Å². The van der Waals surface area contributed by atoms with Crippen molar-refractivity contribution in [3.05, 3.63) is 0 Å². The first-order valence-electron chi connectivity index (χ1n) is 6.03. The normalized spacial score (nSPS) is 17.2. The number of nitrogens with one attached hydrogen (secondary N) is 2. The molecule has 8 heteroatoms. The van der Waals surface area contributed by atoms with Crippen molar-refractivity contribution >= 4 is 17.9 Å². The third-order valence-electron chi connectivity index (χ3n) is 2.70. The van der Waals surface area contributed by atoms with Crippen molar-refractivity contribution in [1.29, 1.82) is 0 Å². The lowest BCUT2D eigenvalue weighted by atomic mass is 10.2. The van der Waals surface area contributed by atoms with Gasteiger partial charge in [0.25, 0.3) is 0 Å². The van der Waals surface area contributed by atoms with Gasteiger partial charge in [-0.15, -0.1) is 0 Å². The number of nitrogens with zero attached hydrogens (tertiary/aromatic N) is 1. The number of aliphatic carboxylic acids is 1. The smallest absolute Gasteiger partial charge is 0.328 e. The Kier molecular flexibility index (Phi) is 5.11. The fraction of sp³-hybridized carbons (Fsp3) is 0.727. The van der Waals surface area contributed by atoms with Gasteiger partial charge in [0, 0.05) is 13.1 Å². The van der Waals surface area contributed by atoms with E-state index in [0.717, 1.165) is 17.7 Å². The van der Waals surface area contributed by atoms with Gasteiger partial charge in [-0.3, -0.25) is 4.79 Å². The number of carboxylic acids is 1. The second-order valence-electron chi connectivity index (χ2n) is 4.70. The molecule has 1 fully saturated rings. The van der Waals surface area contributed by atoms with Gasteiger partial charge in [0.2, 0.25) is 5.91 Å². The highest BCUT2D eigenvalue weighted by Crippen LogP contribution is 2.18. The fourth-order valence-electron chi connectivity index (χ4n) is 1.42. The van der Waals surface area contributed by atoms with E-state index < -0.39 is 24.1 Å². The van der Waals surface area contributed by atoms with Gasteiger partial charge in [-0.05, 0) is 19.8 Å². The molecule has 19 heavy (non-hydrogen) atoms. The third kappa shape index (κ3) is 5.12. The summed E-state index contributed by atoms with van der Waals surface area (Å²) in [6.07, 6.45) is 0.672. The van der Waals surface area contributed by atoms with Gasteiger partial charge < -0.3 is 25.7 Å². The number of carbonyl (C=O) groups excluding carboxylic acids is 2. The Labute approximate surface area is 110 Å². The molecule has 8 nitrogen and oxygen atoms in total. The maximum atomic E-state index is 11.7. The lowest BCUT2D eigenvalue weighted by Gasteiger charge is -2.22. The lowest BCUT2D eigenvalue weighted by molar-refractivity contribution is -0.141. The van der Waals surface area contributed by atoms with E-state index in [-0.39, 0.29) is 18.5 Å². The second kappa shape index (κ2) is 6.37.